The second-order valence-electron chi connectivity index (χ2n) is 4.39. The first kappa shape index (κ1) is 12.4. The van der Waals surface area contributed by atoms with E-state index >= 15 is 0 Å². The van der Waals surface area contributed by atoms with E-state index in [0.717, 1.165) is 23.4 Å². The van der Waals surface area contributed by atoms with Crippen LogP contribution in [0.15, 0.2) is 5.16 Å². The Hall–Kier alpha value is -1.04. The van der Waals surface area contributed by atoms with Crippen LogP contribution in [0.4, 0.5) is 0 Å². The third-order valence-corrected chi connectivity index (χ3v) is 4.07. The van der Waals surface area contributed by atoms with Crippen molar-refractivity contribution in [3.05, 3.63) is 5.82 Å². The summed E-state index contributed by atoms with van der Waals surface area (Å²) in [5, 5.41) is 17.7. The zero-order valence-corrected chi connectivity index (χ0v) is 10.9. The molecular weight excluding hydrogens is 238 g/mol. The zero-order valence-electron chi connectivity index (χ0n) is 10.1. The van der Waals surface area contributed by atoms with Gasteiger partial charge in [0.05, 0.1) is 5.75 Å². The van der Waals surface area contributed by atoms with Gasteiger partial charge in [0, 0.05) is 12.5 Å². The summed E-state index contributed by atoms with van der Waals surface area (Å²) in [7, 11) is 0. The number of carboxylic acid groups (broad SMARTS) is 1. The van der Waals surface area contributed by atoms with Crippen LogP contribution < -0.4 is 0 Å². The molecule has 1 heterocycles. The first-order valence-corrected chi connectivity index (χ1v) is 6.89. The number of aliphatic carboxylic acids is 1. The smallest absolute Gasteiger partial charge is 0.313 e. The summed E-state index contributed by atoms with van der Waals surface area (Å²) in [5.74, 6) is 1.39. The molecule has 2 rings (SSSR count). The van der Waals surface area contributed by atoms with Crippen LogP contribution in [0.3, 0.4) is 0 Å². The Labute approximate surface area is 105 Å². The van der Waals surface area contributed by atoms with Gasteiger partial charge in [-0.05, 0) is 25.7 Å². The third-order valence-electron chi connectivity index (χ3n) is 3.12. The highest BCUT2D eigenvalue weighted by molar-refractivity contribution is 7.99. The minimum Gasteiger partial charge on any atom is -0.481 e. The lowest BCUT2D eigenvalue weighted by Crippen LogP contribution is -2.09. The maximum atomic E-state index is 10.6. The number of hydrogen-bond acceptors (Lipinski definition) is 4. The van der Waals surface area contributed by atoms with Crippen molar-refractivity contribution in [2.24, 2.45) is 5.92 Å². The summed E-state index contributed by atoms with van der Waals surface area (Å²) in [6, 6.07) is 0. The molecule has 0 bridgehead atoms. The molecule has 1 aromatic rings. The van der Waals surface area contributed by atoms with E-state index in [-0.39, 0.29) is 5.75 Å². The normalized spacial score (nSPS) is 17.1. The maximum Gasteiger partial charge on any atom is 0.313 e. The van der Waals surface area contributed by atoms with Crippen molar-refractivity contribution < 1.29 is 9.90 Å². The molecule has 1 unspecified atom stereocenters. The van der Waals surface area contributed by atoms with E-state index in [9.17, 15) is 4.79 Å². The van der Waals surface area contributed by atoms with Gasteiger partial charge in [0.1, 0.15) is 5.82 Å². The molecule has 0 aliphatic heterocycles. The van der Waals surface area contributed by atoms with Gasteiger partial charge in [-0.15, -0.1) is 10.2 Å². The molecule has 0 amide bonds. The molecule has 94 valence electrons. The summed E-state index contributed by atoms with van der Waals surface area (Å²) in [4.78, 5) is 10.6. The molecule has 0 radical (unpaired) electrons. The fourth-order valence-electron chi connectivity index (χ4n) is 1.97. The van der Waals surface area contributed by atoms with Crippen LogP contribution in [0.5, 0.6) is 0 Å². The molecule has 1 atom stereocenters. The van der Waals surface area contributed by atoms with Crippen molar-refractivity contribution in [3.63, 3.8) is 0 Å². The van der Waals surface area contributed by atoms with E-state index in [0.29, 0.717) is 5.92 Å². The van der Waals surface area contributed by atoms with Crippen molar-refractivity contribution in [1.29, 1.82) is 0 Å². The monoisotopic (exact) mass is 255 g/mol. The molecule has 0 spiro atoms. The lowest BCUT2D eigenvalue weighted by molar-refractivity contribution is -0.133. The van der Waals surface area contributed by atoms with Gasteiger partial charge in [0.2, 0.25) is 0 Å². The van der Waals surface area contributed by atoms with Crippen molar-refractivity contribution >= 4 is 17.7 Å². The number of nitrogens with zero attached hydrogens (tertiary/aromatic N) is 3. The van der Waals surface area contributed by atoms with Crippen LogP contribution in [0.25, 0.3) is 0 Å². The zero-order chi connectivity index (χ0) is 12.4. The summed E-state index contributed by atoms with van der Waals surface area (Å²) in [6.45, 7) is 5.01. The van der Waals surface area contributed by atoms with Crippen molar-refractivity contribution in [2.45, 2.75) is 44.3 Å². The lowest BCUT2D eigenvalue weighted by Gasteiger charge is -2.11. The fraction of sp³-hybridized carbons (Fsp3) is 0.727. The highest BCUT2D eigenvalue weighted by atomic mass is 32.2. The van der Waals surface area contributed by atoms with Crippen LogP contribution in [0, 0.1) is 5.92 Å². The molecule has 1 fully saturated rings. The lowest BCUT2D eigenvalue weighted by atomic mass is 10.1. The van der Waals surface area contributed by atoms with Crippen LogP contribution in [0.2, 0.25) is 0 Å². The van der Waals surface area contributed by atoms with Gasteiger partial charge < -0.3 is 9.67 Å². The van der Waals surface area contributed by atoms with E-state index in [2.05, 4.69) is 17.1 Å². The largest absolute Gasteiger partial charge is 0.481 e. The van der Waals surface area contributed by atoms with E-state index in [4.69, 9.17) is 5.11 Å². The van der Waals surface area contributed by atoms with Crippen molar-refractivity contribution in [3.8, 4) is 0 Å². The molecule has 1 aliphatic rings. The van der Waals surface area contributed by atoms with Gasteiger partial charge >= 0.3 is 5.97 Å². The van der Waals surface area contributed by atoms with E-state index in [1.807, 2.05) is 11.5 Å². The third kappa shape index (κ3) is 2.80. The van der Waals surface area contributed by atoms with E-state index in [1.54, 1.807) is 0 Å². The van der Waals surface area contributed by atoms with Crippen molar-refractivity contribution in [2.75, 3.05) is 5.75 Å². The highest BCUT2D eigenvalue weighted by Gasteiger charge is 2.32. The SMILES string of the molecule is CCn1c(SCC(=O)O)nnc1C(C)C1CC1. The predicted molar refractivity (Wildman–Crippen MR) is 65.2 cm³/mol. The van der Waals surface area contributed by atoms with Crippen molar-refractivity contribution in [1.82, 2.24) is 14.8 Å². The predicted octanol–water partition coefficient (Wildman–Crippen LogP) is 1.99. The Morgan fingerprint density at radius 1 is 1.59 bits per heavy atom. The molecule has 0 aromatic carbocycles. The molecule has 6 heteroatoms. The van der Waals surface area contributed by atoms with Crippen LogP contribution in [0.1, 0.15) is 38.4 Å². The average molecular weight is 255 g/mol. The Morgan fingerprint density at radius 3 is 2.82 bits per heavy atom. The Balaban J connectivity index is 2.13. The van der Waals surface area contributed by atoms with Gasteiger partial charge in [-0.3, -0.25) is 4.79 Å². The Morgan fingerprint density at radius 2 is 2.29 bits per heavy atom. The summed E-state index contributed by atoms with van der Waals surface area (Å²) < 4.78 is 2.04. The number of hydrogen-bond donors (Lipinski definition) is 1. The molecule has 5 nitrogen and oxygen atoms in total. The van der Waals surface area contributed by atoms with Gasteiger partial charge in [0.15, 0.2) is 5.16 Å². The average Bonchev–Trinajstić information content (AvgIpc) is 3.05. The molecule has 0 saturated heterocycles. The second kappa shape index (κ2) is 5.08. The first-order chi connectivity index (χ1) is 8.13. The highest BCUT2D eigenvalue weighted by Crippen LogP contribution is 2.42. The molecule has 17 heavy (non-hydrogen) atoms. The molecule has 1 aromatic heterocycles. The molecule has 1 N–H and O–H groups in total. The summed E-state index contributed by atoms with van der Waals surface area (Å²) >= 11 is 1.24. The standard InChI is InChI=1S/C11H17N3O2S/c1-3-14-10(7(2)8-4-5-8)12-13-11(14)17-6-9(15)16/h7-8H,3-6H2,1-2H3,(H,15,16). The van der Waals surface area contributed by atoms with Gasteiger partial charge in [0.25, 0.3) is 0 Å². The number of thioether (sulfide) groups is 1. The van der Waals surface area contributed by atoms with Gasteiger partial charge in [-0.25, -0.2) is 0 Å². The van der Waals surface area contributed by atoms with Gasteiger partial charge in [-0.2, -0.15) is 0 Å². The number of aromatic nitrogens is 3. The van der Waals surface area contributed by atoms with Crippen LogP contribution in [-0.4, -0.2) is 31.6 Å². The quantitative estimate of drug-likeness (QED) is 0.787. The molecule has 1 aliphatic carbocycles. The molecular formula is C11H17N3O2S. The van der Waals surface area contributed by atoms with E-state index in [1.165, 1.54) is 24.6 Å². The van der Waals surface area contributed by atoms with Crippen LogP contribution >= 0.6 is 11.8 Å². The summed E-state index contributed by atoms with van der Waals surface area (Å²) in [6.07, 6.45) is 2.55. The maximum absolute atomic E-state index is 10.6. The molecule has 1 saturated carbocycles. The number of rotatable bonds is 6. The van der Waals surface area contributed by atoms with Gasteiger partial charge in [-0.1, -0.05) is 18.7 Å². The topological polar surface area (TPSA) is 68.0 Å². The minimum absolute atomic E-state index is 0.0376. The fourth-order valence-corrected chi connectivity index (χ4v) is 2.70. The van der Waals surface area contributed by atoms with E-state index < -0.39 is 5.97 Å². The summed E-state index contributed by atoms with van der Waals surface area (Å²) in [5.41, 5.74) is 0. The Kier molecular flexibility index (Phi) is 3.71. The second-order valence-corrected chi connectivity index (χ2v) is 5.34. The first-order valence-electron chi connectivity index (χ1n) is 5.91. The number of carbonyl (C=O) groups is 1. The minimum atomic E-state index is -0.822. The Bertz CT molecular complexity index is 415. The number of carboxylic acids is 1. The van der Waals surface area contributed by atoms with Crippen LogP contribution in [-0.2, 0) is 11.3 Å².